The summed E-state index contributed by atoms with van der Waals surface area (Å²) in [5, 5.41) is 8.32. The van der Waals surface area contributed by atoms with Crippen LogP contribution in [0.25, 0.3) is 21.6 Å². The molecule has 2 heterocycles. The van der Waals surface area contributed by atoms with E-state index < -0.39 is 15.2 Å². The molecule has 0 saturated heterocycles. The van der Waals surface area contributed by atoms with Gasteiger partial charge in [-0.1, -0.05) is 91.0 Å². The molecule has 1 radical (unpaired) electrons. The van der Waals surface area contributed by atoms with Gasteiger partial charge in [0.2, 0.25) is 0 Å². The second-order valence-corrected chi connectivity index (χ2v) is 16.7. The molecule has 0 aliphatic rings. The number of thiophene rings is 2. The Bertz CT molecular complexity index is 1670. The van der Waals surface area contributed by atoms with E-state index >= 15 is 0 Å². The van der Waals surface area contributed by atoms with Crippen LogP contribution in [0.5, 0.6) is 11.5 Å². The Kier molecular flexibility index (Phi) is 8.42. The summed E-state index contributed by atoms with van der Waals surface area (Å²) in [5.41, 5.74) is 3.24. The van der Waals surface area contributed by atoms with Gasteiger partial charge in [-0.05, 0) is 70.2 Å². The Labute approximate surface area is 246 Å². The fraction of sp³-hybridized carbons (Fsp3) is 0.0588. The highest BCUT2D eigenvalue weighted by molar-refractivity contribution is 8.42. The average molecular weight is 594 g/mol. The second kappa shape index (κ2) is 12.5. The summed E-state index contributed by atoms with van der Waals surface area (Å²) in [6.07, 6.45) is 0. The molecule has 40 heavy (non-hydrogen) atoms. The van der Waals surface area contributed by atoms with Crippen LogP contribution in [0.2, 0.25) is 0 Å². The Morgan fingerprint density at radius 3 is 2.02 bits per heavy atom. The van der Waals surface area contributed by atoms with Crippen LogP contribution in [0.4, 0.5) is 0 Å². The fourth-order valence-corrected chi connectivity index (χ4v) is 15.3. The largest absolute Gasteiger partial charge is 0.496 e. The third kappa shape index (κ3) is 5.38. The molecule has 197 valence electrons. The van der Waals surface area contributed by atoms with Crippen LogP contribution in [0.1, 0.15) is 0 Å². The van der Waals surface area contributed by atoms with Gasteiger partial charge in [-0.3, -0.25) is 0 Å². The van der Waals surface area contributed by atoms with E-state index in [9.17, 15) is 0 Å². The highest BCUT2D eigenvalue weighted by atomic mass is 32.1. The maximum absolute atomic E-state index is 6.00. The first kappa shape index (κ1) is 26.9. The van der Waals surface area contributed by atoms with Crippen molar-refractivity contribution < 1.29 is 9.47 Å². The van der Waals surface area contributed by atoms with Gasteiger partial charge in [0.05, 0.1) is 14.2 Å². The molecule has 4 aromatic carbocycles. The average Bonchev–Trinajstić information content (AvgIpc) is 3.76. The Hall–Kier alpha value is -3.26. The van der Waals surface area contributed by atoms with Crippen LogP contribution >= 0.6 is 37.9 Å². The van der Waals surface area contributed by atoms with E-state index in [2.05, 4.69) is 108 Å². The van der Waals surface area contributed by atoms with E-state index in [0.29, 0.717) is 0 Å². The van der Waals surface area contributed by atoms with Crippen molar-refractivity contribution in [3.63, 3.8) is 0 Å². The minimum Gasteiger partial charge on any atom is -0.496 e. The molecule has 2 nitrogen and oxygen atoms in total. The summed E-state index contributed by atoms with van der Waals surface area (Å²) in [7, 11) is 1.84. The van der Waals surface area contributed by atoms with Crippen LogP contribution in [0, 0.1) is 6.07 Å². The van der Waals surface area contributed by atoms with Gasteiger partial charge in [-0.25, -0.2) is 0 Å². The fourth-order valence-electron chi connectivity index (χ4n) is 4.78. The molecule has 0 saturated carbocycles. The zero-order chi connectivity index (χ0) is 27.3. The molecular formula is C34H27O2P2S2. The monoisotopic (exact) mass is 593 g/mol. The van der Waals surface area contributed by atoms with Crippen LogP contribution in [-0.4, -0.2) is 14.2 Å². The minimum atomic E-state index is -0.838. The second-order valence-electron chi connectivity index (χ2n) is 8.90. The lowest BCUT2D eigenvalue weighted by atomic mass is 10.0. The Morgan fingerprint density at radius 1 is 0.600 bits per heavy atom. The summed E-state index contributed by atoms with van der Waals surface area (Å²) < 4.78 is 13.2. The third-order valence-electron chi connectivity index (χ3n) is 6.57. The number of hydrogen-bond acceptors (Lipinski definition) is 4. The van der Waals surface area contributed by atoms with Gasteiger partial charge in [-0.15, -0.1) is 22.7 Å². The highest BCUT2D eigenvalue weighted by Gasteiger charge is 2.32. The van der Waals surface area contributed by atoms with Crippen LogP contribution in [0.15, 0.2) is 126 Å². The zero-order valence-electron chi connectivity index (χ0n) is 22.2. The molecule has 2 aromatic heterocycles. The maximum Gasteiger partial charge on any atom is 0.127 e. The van der Waals surface area contributed by atoms with Crippen molar-refractivity contribution in [1.29, 1.82) is 0 Å². The van der Waals surface area contributed by atoms with Gasteiger partial charge < -0.3 is 9.47 Å². The lowest BCUT2D eigenvalue weighted by Crippen LogP contribution is -2.20. The zero-order valence-corrected chi connectivity index (χ0v) is 25.6. The lowest BCUT2D eigenvalue weighted by molar-refractivity contribution is 0.410. The van der Waals surface area contributed by atoms with Crippen molar-refractivity contribution in [2.24, 2.45) is 0 Å². The van der Waals surface area contributed by atoms with Crippen molar-refractivity contribution in [1.82, 2.24) is 0 Å². The van der Waals surface area contributed by atoms with E-state index in [4.69, 9.17) is 9.47 Å². The first-order valence-corrected chi connectivity index (χ1v) is 18.0. The maximum atomic E-state index is 6.00. The van der Waals surface area contributed by atoms with Gasteiger partial charge in [0.25, 0.3) is 0 Å². The molecule has 6 rings (SSSR count). The van der Waals surface area contributed by atoms with Crippen molar-refractivity contribution in [2.75, 3.05) is 14.2 Å². The van der Waals surface area contributed by atoms with Crippen LogP contribution in [-0.2, 0) is 0 Å². The summed E-state index contributed by atoms with van der Waals surface area (Å²) in [5.74, 6) is 1.62. The van der Waals surface area contributed by atoms with E-state index in [1.807, 2.05) is 35.6 Å². The normalized spacial score (nSPS) is 12.6. The smallest absolute Gasteiger partial charge is 0.127 e. The first-order chi connectivity index (χ1) is 19.8. The molecule has 0 amide bonds. The Balaban J connectivity index is 1.60. The molecule has 0 aliphatic carbocycles. The van der Waals surface area contributed by atoms with Gasteiger partial charge in [-0.2, -0.15) is 0 Å². The lowest BCUT2D eigenvalue weighted by Gasteiger charge is -2.31. The predicted octanol–water partition coefficient (Wildman–Crippen LogP) is 8.44. The summed E-state index contributed by atoms with van der Waals surface area (Å²) in [4.78, 5) is 1.29. The topological polar surface area (TPSA) is 18.5 Å². The van der Waals surface area contributed by atoms with Crippen molar-refractivity contribution in [3.8, 4) is 33.1 Å². The van der Waals surface area contributed by atoms with Gasteiger partial charge in [0, 0.05) is 28.2 Å². The number of ether oxygens (including phenoxy) is 2. The van der Waals surface area contributed by atoms with Crippen molar-refractivity contribution in [2.45, 2.75) is 0 Å². The molecule has 2 atom stereocenters. The van der Waals surface area contributed by atoms with Gasteiger partial charge in [0.1, 0.15) is 11.5 Å². The predicted molar refractivity (Wildman–Crippen MR) is 177 cm³/mol. The number of hydrogen-bond donors (Lipinski definition) is 0. The summed E-state index contributed by atoms with van der Waals surface area (Å²) >= 11 is 3.61. The SMILES string of the molecule is COc1ccc[c]c1-c1c(OC)cccc1[P@](c1cccs1)P(c1ccccc1)c1ccc(-c2cccs2)cc1. The highest BCUT2D eigenvalue weighted by Crippen LogP contribution is 2.67. The van der Waals surface area contributed by atoms with E-state index in [0.717, 1.165) is 22.6 Å². The van der Waals surface area contributed by atoms with E-state index in [1.54, 1.807) is 25.6 Å². The van der Waals surface area contributed by atoms with Crippen LogP contribution in [0.3, 0.4) is 0 Å². The standard InChI is InChI=1S/C34H27O2P2S2/c1-35-29-14-7-6-13-28(29)34-30(36-2)15-8-16-31(34)38(33-18-10-24-40-33)37(26-11-4-3-5-12-26)27-21-19-25(20-22-27)32-17-9-23-39-32/h3-12,14-24H,1-2H3/t37?,38-/m1/s1. The minimum absolute atomic E-state index is 0.781. The van der Waals surface area contributed by atoms with Crippen molar-refractivity contribution >= 4 is 58.4 Å². The molecule has 0 fully saturated rings. The third-order valence-corrected chi connectivity index (χ3v) is 16.7. The molecule has 1 unspecified atom stereocenters. The van der Waals surface area contributed by atoms with Crippen LogP contribution < -0.4 is 30.0 Å². The molecule has 0 spiro atoms. The quantitative estimate of drug-likeness (QED) is 0.157. The Morgan fingerprint density at radius 2 is 1.32 bits per heavy atom. The molecule has 0 bridgehead atoms. The molecular weight excluding hydrogens is 566 g/mol. The molecule has 6 aromatic rings. The van der Waals surface area contributed by atoms with Gasteiger partial charge in [0.15, 0.2) is 0 Å². The number of benzene rings is 4. The summed E-state index contributed by atoms with van der Waals surface area (Å²) in [6, 6.07) is 44.8. The van der Waals surface area contributed by atoms with E-state index in [-0.39, 0.29) is 0 Å². The van der Waals surface area contributed by atoms with Crippen molar-refractivity contribution in [3.05, 3.63) is 132 Å². The number of methoxy groups -OCH3 is 2. The molecule has 0 N–H and O–H groups in total. The molecule has 6 heteroatoms. The summed E-state index contributed by atoms with van der Waals surface area (Å²) in [6.45, 7) is 0. The first-order valence-electron chi connectivity index (χ1n) is 12.8. The van der Waals surface area contributed by atoms with Gasteiger partial charge >= 0.3 is 0 Å². The number of rotatable bonds is 9. The van der Waals surface area contributed by atoms with E-state index in [1.165, 1.54) is 31.0 Å². The molecule has 0 aliphatic heterocycles.